The number of benzene rings is 1. The lowest BCUT2D eigenvalue weighted by molar-refractivity contribution is -0.137. The molecule has 1 aromatic rings. The van der Waals surface area contributed by atoms with Gasteiger partial charge in [-0.2, -0.15) is 0 Å². The average molecular weight is 444 g/mol. The summed E-state index contributed by atoms with van der Waals surface area (Å²) in [6.07, 6.45) is 2.67. The van der Waals surface area contributed by atoms with E-state index in [9.17, 15) is 9.59 Å². The predicted molar refractivity (Wildman–Crippen MR) is 120 cm³/mol. The Kier molecular flexibility index (Phi) is 6.71. The maximum absolute atomic E-state index is 13.2. The third kappa shape index (κ3) is 4.09. The van der Waals surface area contributed by atoms with Crippen molar-refractivity contribution in [2.45, 2.75) is 31.3 Å². The Bertz CT molecular complexity index is 883. The van der Waals surface area contributed by atoms with Crippen LogP contribution in [-0.2, 0) is 9.53 Å². The van der Waals surface area contributed by atoms with E-state index in [1.165, 1.54) is 0 Å². The van der Waals surface area contributed by atoms with Gasteiger partial charge < -0.3 is 29.3 Å². The number of carbonyl (C=O) groups excluding carboxylic acids is 2. The Morgan fingerprint density at radius 1 is 1.25 bits per heavy atom. The molecule has 8 nitrogen and oxygen atoms in total. The van der Waals surface area contributed by atoms with E-state index < -0.39 is 0 Å². The maximum atomic E-state index is 13.2. The molecule has 8 heteroatoms. The van der Waals surface area contributed by atoms with Gasteiger partial charge in [-0.25, -0.2) is 0 Å². The van der Waals surface area contributed by atoms with Crippen molar-refractivity contribution < 1.29 is 23.8 Å². The Morgan fingerprint density at radius 2 is 1.97 bits per heavy atom. The van der Waals surface area contributed by atoms with E-state index in [-0.39, 0.29) is 35.7 Å². The Morgan fingerprint density at radius 3 is 2.62 bits per heavy atom. The van der Waals surface area contributed by atoms with Crippen molar-refractivity contribution in [2.75, 3.05) is 53.6 Å². The lowest BCUT2D eigenvalue weighted by Gasteiger charge is -2.40. The van der Waals surface area contributed by atoms with Crippen LogP contribution >= 0.6 is 0 Å². The molecule has 174 valence electrons. The maximum Gasteiger partial charge on any atom is 0.257 e. The van der Waals surface area contributed by atoms with Crippen LogP contribution in [-0.4, -0.2) is 87.3 Å². The molecule has 3 aliphatic heterocycles. The Balaban J connectivity index is 1.72. The topological polar surface area (TPSA) is 80.3 Å². The molecule has 2 amide bonds. The van der Waals surface area contributed by atoms with Crippen molar-refractivity contribution in [1.29, 1.82) is 0 Å². The highest BCUT2D eigenvalue weighted by Gasteiger charge is 2.48. The molecular formula is C24H33N3O5. The molecule has 3 fully saturated rings. The van der Waals surface area contributed by atoms with E-state index in [1.54, 1.807) is 31.3 Å². The Labute approximate surface area is 189 Å². The minimum atomic E-state index is -0.228. The number of piperidine rings is 1. The number of nitrogens with zero attached hydrogens (tertiary/aromatic N) is 2. The quantitative estimate of drug-likeness (QED) is 0.674. The minimum Gasteiger partial charge on any atom is -0.496 e. The molecule has 0 aromatic heterocycles. The van der Waals surface area contributed by atoms with Crippen LogP contribution in [0.15, 0.2) is 24.8 Å². The van der Waals surface area contributed by atoms with Gasteiger partial charge in [-0.05, 0) is 31.4 Å². The Hall–Kier alpha value is -2.58. The van der Waals surface area contributed by atoms with E-state index in [0.717, 1.165) is 12.0 Å². The van der Waals surface area contributed by atoms with Crippen molar-refractivity contribution >= 4 is 11.8 Å². The highest BCUT2D eigenvalue weighted by Crippen LogP contribution is 2.44. The number of likely N-dealkylation sites (tertiary alicyclic amines) is 1. The van der Waals surface area contributed by atoms with Gasteiger partial charge in [-0.15, -0.1) is 6.58 Å². The van der Waals surface area contributed by atoms with Gasteiger partial charge >= 0.3 is 0 Å². The number of fused-ring (bicyclic) bond motifs is 1. The predicted octanol–water partition coefficient (Wildman–Crippen LogP) is 1.65. The summed E-state index contributed by atoms with van der Waals surface area (Å²) in [5, 5.41) is 3.46. The summed E-state index contributed by atoms with van der Waals surface area (Å²) in [4.78, 5) is 29.8. The third-order valence-electron chi connectivity index (χ3n) is 6.86. The van der Waals surface area contributed by atoms with E-state index in [4.69, 9.17) is 14.2 Å². The van der Waals surface area contributed by atoms with E-state index in [2.05, 4.69) is 18.8 Å². The molecule has 0 bridgehead atoms. The molecule has 0 aliphatic carbocycles. The van der Waals surface area contributed by atoms with Gasteiger partial charge in [0.1, 0.15) is 11.5 Å². The highest BCUT2D eigenvalue weighted by atomic mass is 16.5. The molecule has 3 saturated heterocycles. The first-order chi connectivity index (χ1) is 15.5. The molecule has 0 spiro atoms. The first-order valence-electron chi connectivity index (χ1n) is 11.3. The summed E-state index contributed by atoms with van der Waals surface area (Å²) in [7, 11) is 3.20. The van der Waals surface area contributed by atoms with E-state index in [1.807, 2.05) is 11.0 Å². The van der Waals surface area contributed by atoms with Crippen LogP contribution in [0, 0.1) is 5.92 Å². The second-order valence-electron chi connectivity index (χ2n) is 8.78. The van der Waals surface area contributed by atoms with Gasteiger partial charge in [0.05, 0.1) is 39.0 Å². The number of ether oxygens (including phenoxy) is 3. The number of methoxy groups -OCH3 is 2. The van der Waals surface area contributed by atoms with Crippen LogP contribution in [0.25, 0.3) is 0 Å². The highest BCUT2D eigenvalue weighted by molar-refractivity contribution is 5.97. The molecule has 3 heterocycles. The number of nitrogens with one attached hydrogen (secondary N) is 1. The number of rotatable bonds is 6. The van der Waals surface area contributed by atoms with Gasteiger partial charge in [-0.3, -0.25) is 9.59 Å². The molecule has 4 unspecified atom stereocenters. The van der Waals surface area contributed by atoms with Crippen LogP contribution in [0.3, 0.4) is 0 Å². The largest absolute Gasteiger partial charge is 0.496 e. The van der Waals surface area contributed by atoms with Crippen LogP contribution in [0.4, 0.5) is 0 Å². The molecule has 1 N–H and O–H groups in total. The van der Waals surface area contributed by atoms with Gasteiger partial charge in [0, 0.05) is 43.7 Å². The van der Waals surface area contributed by atoms with Crippen molar-refractivity contribution in [1.82, 2.24) is 15.1 Å². The zero-order valence-electron chi connectivity index (χ0n) is 19.1. The monoisotopic (exact) mass is 443 g/mol. The van der Waals surface area contributed by atoms with Gasteiger partial charge in [0.15, 0.2) is 0 Å². The fraction of sp³-hybridized carbons (Fsp3) is 0.583. The average Bonchev–Trinajstić information content (AvgIpc) is 3.22. The first-order valence-corrected chi connectivity index (χ1v) is 11.3. The van der Waals surface area contributed by atoms with E-state index >= 15 is 0 Å². The zero-order chi connectivity index (χ0) is 22.8. The second kappa shape index (κ2) is 9.50. The minimum absolute atomic E-state index is 0.0616. The van der Waals surface area contributed by atoms with Crippen molar-refractivity contribution in [3.63, 3.8) is 0 Å². The third-order valence-corrected chi connectivity index (χ3v) is 6.86. The van der Waals surface area contributed by atoms with Gasteiger partial charge in [0.25, 0.3) is 5.91 Å². The summed E-state index contributed by atoms with van der Waals surface area (Å²) in [5.74, 6) is 1.43. The summed E-state index contributed by atoms with van der Waals surface area (Å²) < 4.78 is 16.8. The number of carbonyl (C=O) groups is 2. The summed E-state index contributed by atoms with van der Waals surface area (Å²) in [5.41, 5.74) is 1.45. The number of hydrogen-bond donors (Lipinski definition) is 1. The van der Waals surface area contributed by atoms with Crippen molar-refractivity contribution in [3.05, 3.63) is 35.9 Å². The van der Waals surface area contributed by atoms with Crippen LogP contribution in [0.5, 0.6) is 11.5 Å². The van der Waals surface area contributed by atoms with Crippen LogP contribution in [0.2, 0.25) is 0 Å². The van der Waals surface area contributed by atoms with Crippen molar-refractivity contribution in [2.24, 2.45) is 5.92 Å². The standard InChI is InChI=1S/C24H33N3O5/c1-5-6-27-14-19(17-11-15(2)25-22(17)24(27)29)16-12-21(31-4)18(13-20(16)30-3)23(28)26-7-9-32-10-8-26/h5,12-13,15,17,19,22,25H,1,6-11,14H2,2-4H3. The fourth-order valence-electron chi connectivity index (χ4n) is 5.32. The normalized spacial score (nSPS) is 27.8. The smallest absolute Gasteiger partial charge is 0.257 e. The first kappa shape index (κ1) is 22.6. The molecule has 0 saturated carbocycles. The molecular weight excluding hydrogens is 410 g/mol. The van der Waals surface area contributed by atoms with Crippen LogP contribution < -0.4 is 14.8 Å². The molecule has 32 heavy (non-hydrogen) atoms. The number of morpholine rings is 1. The number of hydrogen-bond acceptors (Lipinski definition) is 6. The summed E-state index contributed by atoms with van der Waals surface area (Å²) >= 11 is 0. The molecule has 3 aliphatic rings. The van der Waals surface area contributed by atoms with Gasteiger partial charge in [0.2, 0.25) is 5.91 Å². The molecule has 0 radical (unpaired) electrons. The molecule has 4 atom stereocenters. The number of amides is 2. The summed E-state index contributed by atoms with van der Waals surface area (Å²) in [6, 6.07) is 3.75. The molecule has 4 rings (SSSR count). The molecule has 1 aromatic carbocycles. The SMILES string of the molecule is C=CCN1CC(c2cc(OC)c(C(=O)N3CCOCC3)cc2OC)C2CC(C)NC2C1=O. The second-order valence-corrected chi connectivity index (χ2v) is 8.78. The van der Waals surface area contributed by atoms with Crippen LogP contribution in [0.1, 0.15) is 35.2 Å². The lowest BCUT2D eigenvalue weighted by atomic mass is 9.76. The van der Waals surface area contributed by atoms with Crippen molar-refractivity contribution in [3.8, 4) is 11.5 Å². The lowest BCUT2D eigenvalue weighted by Crippen LogP contribution is -2.54. The zero-order valence-corrected chi connectivity index (χ0v) is 19.1. The van der Waals surface area contributed by atoms with Gasteiger partial charge in [-0.1, -0.05) is 6.08 Å². The fourth-order valence-corrected chi connectivity index (χ4v) is 5.32. The summed E-state index contributed by atoms with van der Waals surface area (Å²) in [6.45, 7) is 9.19. The van der Waals surface area contributed by atoms with E-state index in [0.29, 0.717) is 56.5 Å².